The summed E-state index contributed by atoms with van der Waals surface area (Å²) in [5.74, 6) is 0.695. The average Bonchev–Trinajstić information content (AvgIpc) is 2.82. The number of aromatic nitrogens is 3. The van der Waals surface area contributed by atoms with E-state index >= 15 is 0 Å². The predicted octanol–water partition coefficient (Wildman–Crippen LogP) is -0.0391. The lowest BCUT2D eigenvalue weighted by atomic mass is 10.2. The Morgan fingerprint density at radius 2 is 1.96 bits per heavy atom. The Labute approximate surface area is 139 Å². The molecule has 1 aromatic heterocycles. The van der Waals surface area contributed by atoms with Gasteiger partial charge in [-0.1, -0.05) is 11.8 Å². The molecule has 2 heterocycles. The molecule has 0 spiro atoms. The van der Waals surface area contributed by atoms with Crippen LogP contribution < -0.4 is 5.73 Å². The van der Waals surface area contributed by atoms with Gasteiger partial charge in [-0.3, -0.25) is 9.59 Å². The minimum Gasteiger partial charge on any atom is -0.372 e. The molecule has 0 unspecified atom stereocenters. The number of aryl methyl sites for hydroxylation is 1. The lowest BCUT2D eigenvalue weighted by Gasteiger charge is -2.35. The number of primary amides is 1. The topological polar surface area (TPSA) is 103 Å². The Hall–Kier alpha value is -1.61. The normalized spacial score (nSPS) is 21.4. The molecule has 1 fully saturated rings. The molecular formula is C14H23N5O3S. The number of morpholine rings is 1. The minimum atomic E-state index is -0.368. The first-order chi connectivity index (χ1) is 10.9. The van der Waals surface area contributed by atoms with Crippen molar-refractivity contribution >= 4 is 23.6 Å². The summed E-state index contributed by atoms with van der Waals surface area (Å²) in [4.78, 5) is 25.0. The van der Waals surface area contributed by atoms with E-state index < -0.39 is 0 Å². The van der Waals surface area contributed by atoms with Gasteiger partial charge >= 0.3 is 0 Å². The molecule has 2 amide bonds. The smallest absolute Gasteiger partial charge is 0.233 e. The van der Waals surface area contributed by atoms with E-state index in [2.05, 4.69) is 10.2 Å². The van der Waals surface area contributed by atoms with Crippen molar-refractivity contribution in [3.05, 3.63) is 5.82 Å². The number of hydrogen-bond acceptors (Lipinski definition) is 6. The molecule has 0 radical (unpaired) electrons. The molecule has 128 valence electrons. The molecule has 23 heavy (non-hydrogen) atoms. The molecule has 1 aromatic rings. The molecule has 9 heteroatoms. The zero-order chi connectivity index (χ0) is 17.0. The number of thioether (sulfide) groups is 1. The van der Waals surface area contributed by atoms with Gasteiger partial charge in [0.2, 0.25) is 11.8 Å². The van der Waals surface area contributed by atoms with E-state index in [9.17, 15) is 9.59 Å². The van der Waals surface area contributed by atoms with E-state index in [4.69, 9.17) is 10.5 Å². The summed E-state index contributed by atoms with van der Waals surface area (Å²) in [6.45, 7) is 5.17. The minimum absolute atomic E-state index is 0.0583. The molecule has 0 bridgehead atoms. The summed E-state index contributed by atoms with van der Waals surface area (Å²) in [5, 5.41) is 8.77. The molecule has 0 aliphatic carbocycles. The Morgan fingerprint density at radius 1 is 1.30 bits per heavy atom. The summed E-state index contributed by atoms with van der Waals surface area (Å²) in [5.41, 5.74) is 5.14. The van der Waals surface area contributed by atoms with E-state index in [1.807, 2.05) is 25.8 Å². The number of nitrogens with zero attached hydrogens (tertiary/aromatic N) is 4. The maximum atomic E-state index is 12.3. The van der Waals surface area contributed by atoms with E-state index in [1.54, 1.807) is 4.57 Å². The number of ether oxygens (including phenoxy) is 1. The van der Waals surface area contributed by atoms with Crippen LogP contribution in [-0.2, 0) is 27.8 Å². The summed E-state index contributed by atoms with van der Waals surface area (Å²) in [6.07, 6.45) is 0.802. The standard InChI is InChI=1S/C14H23N5O3S/c1-9-6-19(7-10(2)22-9)13(21)8-23-14-17-16-12(18(14)3)5-4-11(15)20/h9-10H,4-8H2,1-3H3,(H2,15,20)/t9-,10+. The SMILES string of the molecule is C[C@@H]1CN(C(=O)CSc2nnc(CCC(N)=O)n2C)C[C@H](C)O1. The van der Waals surface area contributed by atoms with Gasteiger partial charge in [-0.2, -0.15) is 0 Å². The fraction of sp³-hybridized carbons (Fsp3) is 0.714. The maximum absolute atomic E-state index is 12.3. The Bertz CT molecular complexity index is 567. The van der Waals surface area contributed by atoms with E-state index in [-0.39, 0.29) is 30.4 Å². The van der Waals surface area contributed by atoms with E-state index in [0.717, 1.165) is 0 Å². The lowest BCUT2D eigenvalue weighted by Crippen LogP contribution is -2.48. The van der Waals surface area contributed by atoms with Crippen LogP contribution in [0, 0.1) is 0 Å². The van der Waals surface area contributed by atoms with Crippen LogP contribution in [0.2, 0.25) is 0 Å². The van der Waals surface area contributed by atoms with Gasteiger partial charge in [-0.05, 0) is 13.8 Å². The Balaban J connectivity index is 1.88. The highest BCUT2D eigenvalue weighted by Gasteiger charge is 2.26. The van der Waals surface area contributed by atoms with Gasteiger partial charge in [-0.15, -0.1) is 10.2 Å². The highest BCUT2D eigenvalue weighted by molar-refractivity contribution is 7.99. The van der Waals surface area contributed by atoms with E-state index in [0.29, 0.717) is 36.2 Å². The maximum Gasteiger partial charge on any atom is 0.233 e. The molecule has 1 aliphatic heterocycles. The van der Waals surface area contributed by atoms with Crippen LogP contribution in [0.1, 0.15) is 26.1 Å². The van der Waals surface area contributed by atoms with Gasteiger partial charge in [-0.25, -0.2) is 0 Å². The monoisotopic (exact) mass is 341 g/mol. The van der Waals surface area contributed by atoms with Crippen molar-refractivity contribution in [3.8, 4) is 0 Å². The molecular weight excluding hydrogens is 318 g/mol. The molecule has 1 aliphatic rings. The highest BCUT2D eigenvalue weighted by Crippen LogP contribution is 2.18. The number of nitrogens with two attached hydrogens (primary N) is 1. The van der Waals surface area contributed by atoms with Crippen LogP contribution in [-0.4, -0.2) is 62.5 Å². The second kappa shape index (κ2) is 7.78. The summed E-state index contributed by atoms with van der Waals surface area (Å²) < 4.78 is 7.43. The molecule has 2 N–H and O–H groups in total. The van der Waals surface area contributed by atoms with Gasteiger partial charge in [0.05, 0.1) is 18.0 Å². The van der Waals surface area contributed by atoms with Crippen LogP contribution in [0.5, 0.6) is 0 Å². The van der Waals surface area contributed by atoms with Gasteiger partial charge in [0.1, 0.15) is 5.82 Å². The number of carbonyl (C=O) groups excluding carboxylic acids is 2. The van der Waals surface area contributed by atoms with Gasteiger partial charge in [0.15, 0.2) is 5.16 Å². The molecule has 1 saturated heterocycles. The van der Waals surface area contributed by atoms with Crippen molar-refractivity contribution in [1.82, 2.24) is 19.7 Å². The van der Waals surface area contributed by atoms with Gasteiger partial charge < -0.3 is 19.9 Å². The van der Waals surface area contributed by atoms with Crippen molar-refractivity contribution in [2.75, 3.05) is 18.8 Å². The number of amides is 2. The molecule has 2 rings (SSSR count). The summed E-state index contributed by atoms with van der Waals surface area (Å²) >= 11 is 1.35. The average molecular weight is 341 g/mol. The fourth-order valence-electron chi connectivity index (χ4n) is 2.52. The largest absolute Gasteiger partial charge is 0.372 e. The zero-order valence-electron chi connectivity index (χ0n) is 13.7. The van der Waals surface area contributed by atoms with Gasteiger partial charge in [0, 0.05) is 33.0 Å². The first-order valence-corrected chi connectivity index (χ1v) is 8.58. The van der Waals surface area contributed by atoms with Crippen LogP contribution in [0.15, 0.2) is 5.16 Å². The van der Waals surface area contributed by atoms with Crippen molar-refractivity contribution < 1.29 is 14.3 Å². The second-order valence-corrected chi connectivity index (χ2v) is 6.71. The van der Waals surface area contributed by atoms with Crippen LogP contribution in [0.25, 0.3) is 0 Å². The third kappa shape index (κ3) is 4.93. The molecule has 0 saturated carbocycles. The van der Waals surface area contributed by atoms with E-state index in [1.165, 1.54) is 11.8 Å². The van der Waals surface area contributed by atoms with Gasteiger partial charge in [0.25, 0.3) is 0 Å². The predicted molar refractivity (Wildman–Crippen MR) is 85.8 cm³/mol. The third-order valence-electron chi connectivity index (χ3n) is 3.62. The quantitative estimate of drug-likeness (QED) is 0.728. The lowest BCUT2D eigenvalue weighted by molar-refractivity contribution is -0.140. The fourth-order valence-corrected chi connectivity index (χ4v) is 3.36. The third-order valence-corrected chi connectivity index (χ3v) is 4.62. The molecule has 8 nitrogen and oxygen atoms in total. The molecule has 0 aromatic carbocycles. The Kier molecular flexibility index (Phi) is 6.00. The summed E-state index contributed by atoms with van der Waals surface area (Å²) in [7, 11) is 1.82. The first-order valence-electron chi connectivity index (χ1n) is 7.59. The summed E-state index contributed by atoms with van der Waals surface area (Å²) in [6, 6.07) is 0. The second-order valence-electron chi connectivity index (χ2n) is 5.77. The van der Waals surface area contributed by atoms with Crippen molar-refractivity contribution in [3.63, 3.8) is 0 Å². The molecule has 2 atom stereocenters. The Morgan fingerprint density at radius 3 is 2.57 bits per heavy atom. The highest BCUT2D eigenvalue weighted by atomic mass is 32.2. The van der Waals surface area contributed by atoms with Crippen molar-refractivity contribution in [2.45, 2.75) is 44.1 Å². The van der Waals surface area contributed by atoms with Crippen LogP contribution >= 0.6 is 11.8 Å². The first kappa shape index (κ1) is 17.7. The number of rotatable bonds is 6. The van der Waals surface area contributed by atoms with Crippen molar-refractivity contribution in [1.29, 1.82) is 0 Å². The van der Waals surface area contributed by atoms with Crippen LogP contribution in [0.3, 0.4) is 0 Å². The van der Waals surface area contributed by atoms with Crippen LogP contribution in [0.4, 0.5) is 0 Å². The number of carbonyl (C=O) groups is 2. The zero-order valence-corrected chi connectivity index (χ0v) is 14.5. The van der Waals surface area contributed by atoms with Crippen molar-refractivity contribution in [2.24, 2.45) is 12.8 Å². The number of hydrogen-bond donors (Lipinski definition) is 1.